The molecular weight excluding hydrogens is 442 g/mol. The molecule has 3 rings (SSSR count). The molecule has 7 nitrogen and oxygen atoms in total. The summed E-state index contributed by atoms with van der Waals surface area (Å²) in [6.07, 6.45) is 8.12. The lowest BCUT2D eigenvalue weighted by Gasteiger charge is -2.35. The van der Waals surface area contributed by atoms with Crippen LogP contribution >= 0.6 is 0 Å². The third-order valence-corrected chi connectivity index (χ3v) is 8.92. The van der Waals surface area contributed by atoms with Crippen molar-refractivity contribution >= 4 is 15.7 Å². The summed E-state index contributed by atoms with van der Waals surface area (Å²) in [6, 6.07) is 3.39. The van der Waals surface area contributed by atoms with Crippen molar-refractivity contribution in [2.45, 2.75) is 70.9 Å². The van der Waals surface area contributed by atoms with Crippen LogP contribution in [-0.4, -0.2) is 58.1 Å². The zero-order valence-corrected chi connectivity index (χ0v) is 21.3. The van der Waals surface area contributed by atoms with Gasteiger partial charge in [-0.15, -0.1) is 0 Å². The summed E-state index contributed by atoms with van der Waals surface area (Å²) in [5.74, 6) is 2.48. The van der Waals surface area contributed by atoms with E-state index in [9.17, 15) is 13.2 Å². The van der Waals surface area contributed by atoms with Crippen molar-refractivity contribution in [1.82, 2.24) is 4.90 Å². The minimum absolute atomic E-state index is 0.0341. The van der Waals surface area contributed by atoms with E-state index in [1.807, 2.05) is 17.0 Å². The predicted molar refractivity (Wildman–Crippen MR) is 129 cm³/mol. The van der Waals surface area contributed by atoms with E-state index in [-0.39, 0.29) is 29.4 Å². The molecule has 1 saturated carbocycles. The van der Waals surface area contributed by atoms with Crippen LogP contribution in [0.1, 0.15) is 63.9 Å². The minimum Gasteiger partial charge on any atom is -0.493 e. The number of benzene rings is 1. The van der Waals surface area contributed by atoms with Crippen molar-refractivity contribution in [2.24, 2.45) is 11.8 Å². The molecule has 0 spiro atoms. The highest BCUT2D eigenvalue weighted by molar-refractivity contribution is 7.91. The zero-order chi connectivity index (χ0) is 24.0. The average Bonchev–Trinajstić information content (AvgIpc) is 3.19. The molecule has 1 amide bonds. The molecule has 33 heavy (non-hydrogen) atoms. The van der Waals surface area contributed by atoms with E-state index in [1.165, 1.54) is 19.3 Å². The molecule has 2 aliphatic rings. The molecule has 1 aliphatic carbocycles. The lowest BCUT2D eigenvalue weighted by Crippen LogP contribution is -2.44. The van der Waals surface area contributed by atoms with E-state index in [0.717, 1.165) is 31.2 Å². The molecule has 0 bridgehead atoms. The molecule has 2 fully saturated rings. The van der Waals surface area contributed by atoms with Crippen LogP contribution in [0.25, 0.3) is 0 Å². The molecule has 0 unspecified atom stereocenters. The third-order valence-electron chi connectivity index (χ3n) is 7.17. The Hall–Kier alpha value is -1.96. The van der Waals surface area contributed by atoms with Crippen LogP contribution in [0.2, 0.25) is 0 Å². The van der Waals surface area contributed by atoms with E-state index >= 15 is 0 Å². The van der Waals surface area contributed by atoms with Gasteiger partial charge < -0.3 is 19.1 Å². The van der Waals surface area contributed by atoms with Gasteiger partial charge in [-0.05, 0) is 55.7 Å². The molecule has 186 valence electrons. The van der Waals surface area contributed by atoms with Gasteiger partial charge in [0.2, 0.25) is 11.7 Å². The van der Waals surface area contributed by atoms with Crippen LogP contribution in [0.15, 0.2) is 12.1 Å². The number of hydrogen-bond acceptors (Lipinski definition) is 6. The van der Waals surface area contributed by atoms with E-state index in [1.54, 1.807) is 21.3 Å². The molecule has 0 radical (unpaired) electrons. The van der Waals surface area contributed by atoms with Crippen LogP contribution in [-0.2, 0) is 21.2 Å². The first-order chi connectivity index (χ1) is 15.8. The lowest BCUT2D eigenvalue weighted by atomic mass is 9.79. The van der Waals surface area contributed by atoms with Gasteiger partial charge in [0.25, 0.3) is 0 Å². The van der Waals surface area contributed by atoms with Gasteiger partial charge in [0.15, 0.2) is 21.3 Å². The summed E-state index contributed by atoms with van der Waals surface area (Å²) in [5, 5.41) is 0. The standard InChI is InChI=1S/C25H39NO6S/c1-5-6-7-18-8-10-20(11-9-18)25(27)26(21-12-13-33(28,29)17-21)16-19-14-22(30-2)24(32-4)23(15-19)31-3/h14-15,18,20-21H,5-13,16-17H2,1-4H3/t18?,20?,21-/m1/s1. The number of ether oxygens (including phenoxy) is 3. The van der Waals surface area contributed by atoms with Crippen LogP contribution in [0.3, 0.4) is 0 Å². The van der Waals surface area contributed by atoms with Crippen molar-refractivity contribution < 1.29 is 27.4 Å². The summed E-state index contributed by atoms with van der Waals surface area (Å²) in [7, 11) is 1.56. The Balaban J connectivity index is 1.82. The number of carbonyl (C=O) groups is 1. The highest BCUT2D eigenvalue weighted by Gasteiger charge is 2.38. The molecule has 1 aliphatic heterocycles. The van der Waals surface area contributed by atoms with E-state index < -0.39 is 9.84 Å². The van der Waals surface area contributed by atoms with E-state index in [2.05, 4.69) is 6.92 Å². The fourth-order valence-electron chi connectivity index (χ4n) is 5.26. The van der Waals surface area contributed by atoms with Crippen LogP contribution in [0.5, 0.6) is 17.2 Å². The number of unbranched alkanes of at least 4 members (excludes halogenated alkanes) is 1. The number of nitrogens with zero attached hydrogens (tertiary/aromatic N) is 1. The lowest BCUT2D eigenvalue weighted by molar-refractivity contribution is -0.139. The summed E-state index contributed by atoms with van der Waals surface area (Å²) >= 11 is 0. The predicted octanol–water partition coefficient (Wildman–Crippen LogP) is 4.22. The van der Waals surface area contributed by atoms with Crippen LogP contribution in [0, 0.1) is 11.8 Å². The first-order valence-electron chi connectivity index (χ1n) is 12.1. The number of rotatable bonds is 10. The second-order valence-electron chi connectivity index (χ2n) is 9.42. The molecule has 1 saturated heterocycles. The SMILES string of the molecule is CCCCC1CCC(C(=O)N(Cc2cc(OC)c(OC)c(OC)c2)[C@@H]2CCS(=O)(=O)C2)CC1. The fraction of sp³-hybridized carbons (Fsp3) is 0.720. The quantitative estimate of drug-likeness (QED) is 0.498. The van der Waals surface area contributed by atoms with Gasteiger partial charge in [0.1, 0.15) is 0 Å². The maximum absolute atomic E-state index is 13.7. The molecule has 0 N–H and O–H groups in total. The maximum Gasteiger partial charge on any atom is 0.226 e. The number of methoxy groups -OCH3 is 3. The third kappa shape index (κ3) is 6.34. The van der Waals surface area contributed by atoms with Crippen LogP contribution in [0.4, 0.5) is 0 Å². The Bertz CT molecular complexity index is 882. The molecule has 8 heteroatoms. The number of sulfone groups is 1. The highest BCUT2D eigenvalue weighted by Crippen LogP contribution is 2.39. The smallest absolute Gasteiger partial charge is 0.226 e. The first kappa shape index (κ1) is 25.7. The second kappa shape index (κ2) is 11.4. The Morgan fingerprint density at radius 3 is 2.12 bits per heavy atom. The van der Waals surface area contributed by atoms with Gasteiger partial charge in [-0.3, -0.25) is 4.79 Å². The van der Waals surface area contributed by atoms with Crippen molar-refractivity contribution in [2.75, 3.05) is 32.8 Å². The maximum atomic E-state index is 13.7. The Kier molecular flexibility index (Phi) is 8.90. The highest BCUT2D eigenvalue weighted by atomic mass is 32.2. The molecule has 1 heterocycles. The van der Waals surface area contributed by atoms with Gasteiger partial charge in [-0.2, -0.15) is 0 Å². The molecular formula is C25H39NO6S. The summed E-state index contributed by atoms with van der Waals surface area (Å²) in [4.78, 5) is 15.5. The summed E-state index contributed by atoms with van der Waals surface area (Å²) < 4.78 is 40.8. The van der Waals surface area contributed by atoms with E-state index in [0.29, 0.717) is 36.1 Å². The van der Waals surface area contributed by atoms with Crippen molar-refractivity contribution in [3.63, 3.8) is 0 Å². The Labute approximate surface area is 198 Å². The molecule has 1 aromatic rings. The Morgan fingerprint density at radius 1 is 1.00 bits per heavy atom. The monoisotopic (exact) mass is 481 g/mol. The number of amides is 1. The van der Waals surface area contributed by atoms with E-state index in [4.69, 9.17) is 14.2 Å². The normalized spacial score (nSPS) is 24.3. The Morgan fingerprint density at radius 2 is 1.64 bits per heavy atom. The van der Waals surface area contributed by atoms with Gasteiger partial charge in [0, 0.05) is 18.5 Å². The van der Waals surface area contributed by atoms with Gasteiger partial charge >= 0.3 is 0 Å². The van der Waals surface area contributed by atoms with Crippen molar-refractivity contribution in [3.05, 3.63) is 17.7 Å². The molecule has 1 aromatic carbocycles. The minimum atomic E-state index is -3.12. The second-order valence-corrected chi connectivity index (χ2v) is 11.6. The van der Waals surface area contributed by atoms with Gasteiger partial charge in [-0.25, -0.2) is 8.42 Å². The summed E-state index contributed by atoms with van der Waals surface area (Å²) in [5.41, 5.74) is 0.832. The molecule has 1 atom stereocenters. The summed E-state index contributed by atoms with van der Waals surface area (Å²) in [6.45, 7) is 2.54. The van der Waals surface area contributed by atoms with Gasteiger partial charge in [-0.1, -0.05) is 26.2 Å². The topological polar surface area (TPSA) is 82.1 Å². The van der Waals surface area contributed by atoms with Crippen molar-refractivity contribution in [1.29, 1.82) is 0 Å². The number of carbonyl (C=O) groups excluding carboxylic acids is 1. The fourth-order valence-corrected chi connectivity index (χ4v) is 6.99. The largest absolute Gasteiger partial charge is 0.493 e. The number of hydrogen-bond donors (Lipinski definition) is 0. The van der Waals surface area contributed by atoms with Crippen molar-refractivity contribution in [3.8, 4) is 17.2 Å². The molecule has 0 aromatic heterocycles. The average molecular weight is 482 g/mol. The first-order valence-corrected chi connectivity index (χ1v) is 13.9. The van der Waals surface area contributed by atoms with Crippen LogP contribution < -0.4 is 14.2 Å². The van der Waals surface area contributed by atoms with Gasteiger partial charge in [0.05, 0.1) is 32.8 Å². The zero-order valence-electron chi connectivity index (χ0n) is 20.5.